The maximum atomic E-state index is 11.4. The Morgan fingerprint density at radius 3 is 2.84 bits per heavy atom. The molecule has 1 aliphatic rings. The van der Waals surface area contributed by atoms with Crippen molar-refractivity contribution in [2.24, 2.45) is 5.14 Å². The molecule has 0 saturated heterocycles. The predicted molar refractivity (Wildman–Crippen MR) is 71.5 cm³/mol. The van der Waals surface area contributed by atoms with E-state index in [1.807, 2.05) is 0 Å². The van der Waals surface area contributed by atoms with Crippen molar-refractivity contribution < 1.29 is 18.3 Å². The van der Waals surface area contributed by atoms with Gasteiger partial charge in [0.2, 0.25) is 10.0 Å². The Hall–Kier alpha value is -1.00. The standard InChI is InChI=1S/C9H10ClN3O4S2/c10-5-1-6-7(2-8(5)19(11,16)17)18-13(4-12-6)3-9(14)15/h1-2,12H,3-4H2,(H,14,15)(H2,11,16,17). The van der Waals surface area contributed by atoms with Crippen LogP contribution in [0.4, 0.5) is 5.69 Å². The number of benzene rings is 1. The second-order valence-corrected chi connectivity index (χ2v) is 6.86. The molecule has 7 nitrogen and oxygen atoms in total. The fourth-order valence-electron chi connectivity index (χ4n) is 1.55. The summed E-state index contributed by atoms with van der Waals surface area (Å²) in [7, 11) is -3.92. The number of hydrogen-bond donors (Lipinski definition) is 3. The molecule has 0 bridgehead atoms. The van der Waals surface area contributed by atoms with Crippen molar-refractivity contribution in [1.29, 1.82) is 0 Å². The van der Waals surface area contributed by atoms with Gasteiger partial charge in [-0.1, -0.05) is 11.6 Å². The van der Waals surface area contributed by atoms with Crippen LogP contribution in [-0.2, 0) is 14.8 Å². The topological polar surface area (TPSA) is 113 Å². The Morgan fingerprint density at radius 1 is 1.58 bits per heavy atom. The molecule has 4 N–H and O–H groups in total. The lowest BCUT2D eigenvalue weighted by atomic mass is 10.3. The van der Waals surface area contributed by atoms with Gasteiger partial charge in [0.05, 0.1) is 17.4 Å². The van der Waals surface area contributed by atoms with E-state index >= 15 is 0 Å². The minimum absolute atomic E-state index is 0.0287. The molecule has 0 amide bonds. The SMILES string of the molecule is NS(=O)(=O)c1cc2c(cc1Cl)NCN(CC(=O)O)S2. The largest absolute Gasteiger partial charge is 0.480 e. The fourth-order valence-corrected chi connectivity index (χ4v) is 3.71. The number of fused-ring (bicyclic) bond motifs is 1. The molecule has 0 atom stereocenters. The summed E-state index contributed by atoms with van der Waals surface area (Å²) in [4.78, 5) is 11.0. The molecule has 0 saturated carbocycles. The number of primary sulfonamides is 1. The Balaban J connectivity index is 2.36. The van der Waals surface area contributed by atoms with Gasteiger partial charge in [-0.05, 0) is 24.1 Å². The Kier molecular flexibility index (Phi) is 3.92. The van der Waals surface area contributed by atoms with Crippen LogP contribution in [0.5, 0.6) is 0 Å². The second kappa shape index (κ2) is 5.17. The van der Waals surface area contributed by atoms with E-state index in [1.54, 1.807) is 0 Å². The molecule has 1 aromatic carbocycles. The van der Waals surface area contributed by atoms with Crippen LogP contribution in [0.3, 0.4) is 0 Å². The van der Waals surface area contributed by atoms with E-state index < -0.39 is 16.0 Å². The summed E-state index contributed by atoms with van der Waals surface area (Å²) in [6.07, 6.45) is 0. The molecule has 2 rings (SSSR count). The van der Waals surface area contributed by atoms with Gasteiger partial charge in [-0.3, -0.25) is 4.79 Å². The van der Waals surface area contributed by atoms with Crippen molar-refractivity contribution in [1.82, 2.24) is 4.31 Å². The van der Waals surface area contributed by atoms with Crippen molar-refractivity contribution in [3.05, 3.63) is 17.2 Å². The van der Waals surface area contributed by atoms with E-state index in [2.05, 4.69) is 5.32 Å². The molecule has 0 radical (unpaired) electrons. The number of rotatable bonds is 3. The zero-order valence-electron chi connectivity index (χ0n) is 9.46. The third-order valence-electron chi connectivity index (χ3n) is 2.33. The van der Waals surface area contributed by atoms with E-state index in [9.17, 15) is 13.2 Å². The molecule has 10 heteroatoms. The Bertz CT molecular complexity index is 635. The van der Waals surface area contributed by atoms with E-state index in [-0.39, 0.29) is 16.5 Å². The highest BCUT2D eigenvalue weighted by Crippen LogP contribution is 2.38. The molecule has 0 spiro atoms. The van der Waals surface area contributed by atoms with E-state index in [4.69, 9.17) is 21.8 Å². The van der Waals surface area contributed by atoms with Gasteiger partial charge in [-0.25, -0.2) is 17.9 Å². The average Bonchev–Trinajstić information content (AvgIpc) is 2.26. The van der Waals surface area contributed by atoms with Gasteiger partial charge in [0.15, 0.2) is 0 Å². The van der Waals surface area contributed by atoms with Crippen LogP contribution in [0.25, 0.3) is 0 Å². The van der Waals surface area contributed by atoms with Crippen molar-refractivity contribution in [2.45, 2.75) is 9.79 Å². The van der Waals surface area contributed by atoms with Crippen LogP contribution < -0.4 is 10.5 Å². The minimum atomic E-state index is -3.92. The van der Waals surface area contributed by atoms with Gasteiger partial charge in [0.25, 0.3) is 0 Å². The quantitative estimate of drug-likeness (QED) is 0.704. The van der Waals surface area contributed by atoms with E-state index in [0.29, 0.717) is 17.3 Å². The van der Waals surface area contributed by atoms with E-state index in [0.717, 1.165) is 11.9 Å². The highest BCUT2D eigenvalue weighted by molar-refractivity contribution is 7.97. The molecule has 1 heterocycles. The summed E-state index contributed by atoms with van der Waals surface area (Å²) in [5, 5.41) is 16.8. The molecule has 1 aromatic rings. The number of hydrogen-bond acceptors (Lipinski definition) is 6. The van der Waals surface area contributed by atoms with Crippen LogP contribution in [0.2, 0.25) is 5.02 Å². The summed E-state index contributed by atoms with van der Waals surface area (Å²) >= 11 is 6.99. The van der Waals surface area contributed by atoms with Crippen molar-refractivity contribution in [2.75, 3.05) is 18.5 Å². The number of halogens is 1. The number of carbonyl (C=O) groups is 1. The lowest BCUT2D eigenvalue weighted by molar-refractivity contribution is -0.137. The van der Waals surface area contributed by atoms with Crippen molar-refractivity contribution in [3.63, 3.8) is 0 Å². The molecular formula is C9H10ClN3O4S2. The first-order valence-corrected chi connectivity index (χ1v) is 7.72. The lowest BCUT2D eigenvalue weighted by Gasteiger charge is -2.27. The maximum absolute atomic E-state index is 11.4. The summed E-state index contributed by atoms with van der Waals surface area (Å²) in [5.41, 5.74) is 0.643. The van der Waals surface area contributed by atoms with Gasteiger partial charge in [0.1, 0.15) is 11.4 Å². The Morgan fingerprint density at radius 2 is 2.26 bits per heavy atom. The van der Waals surface area contributed by atoms with E-state index in [1.165, 1.54) is 16.4 Å². The van der Waals surface area contributed by atoms with Crippen LogP contribution >= 0.6 is 23.5 Å². The molecule has 1 aliphatic heterocycles. The zero-order chi connectivity index (χ0) is 14.2. The smallest absolute Gasteiger partial charge is 0.318 e. The fraction of sp³-hybridized carbons (Fsp3) is 0.222. The van der Waals surface area contributed by atoms with Crippen LogP contribution in [0.1, 0.15) is 0 Å². The first kappa shape index (κ1) is 14.4. The summed E-state index contributed by atoms with van der Waals surface area (Å²) in [6.45, 7) is 0.138. The third kappa shape index (κ3) is 3.31. The predicted octanol–water partition coefficient (Wildman–Crippen LogP) is 0.764. The summed E-state index contributed by atoms with van der Waals surface area (Å²) < 4.78 is 24.2. The van der Waals surface area contributed by atoms with Gasteiger partial charge in [-0.2, -0.15) is 0 Å². The van der Waals surface area contributed by atoms with Gasteiger partial charge in [-0.15, -0.1) is 0 Å². The average molecular weight is 324 g/mol. The molecular weight excluding hydrogens is 314 g/mol. The number of carboxylic acids is 1. The highest BCUT2D eigenvalue weighted by Gasteiger charge is 2.23. The third-order valence-corrected chi connectivity index (χ3v) is 4.75. The number of nitrogens with zero attached hydrogens (tertiary/aromatic N) is 1. The molecule has 19 heavy (non-hydrogen) atoms. The van der Waals surface area contributed by atoms with Crippen molar-refractivity contribution >= 4 is 45.2 Å². The lowest BCUT2D eigenvalue weighted by Crippen LogP contribution is -2.31. The summed E-state index contributed by atoms with van der Waals surface area (Å²) in [6, 6.07) is 2.79. The number of nitrogens with two attached hydrogens (primary N) is 1. The first-order chi connectivity index (χ1) is 8.77. The van der Waals surface area contributed by atoms with Gasteiger partial charge < -0.3 is 10.4 Å². The van der Waals surface area contributed by atoms with Gasteiger partial charge in [0, 0.05) is 4.90 Å². The number of nitrogens with one attached hydrogen (secondary N) is 1. The Labute approximate surface area is 118 Å². The number of aliphatic carboxylic acids is 1. The maximum Gasteiger partial charge on any atom is 0.318 e. The molecule has 104 valence electrons. The van der Waals surface area contributed by atoms with Crippen LogP contribution in [-0.4, -0.2) is 37.0 Å². The second-order valence-electron chi connectivity index (χ2n) is 3.78. The minimum Gasteiger partial charge on any atom is -0.480 e. The first-order valence-electron chi connectivity index (χ1n) is 5.02. The highest BCUT2D eigenvalue weighted by atomic mass is 35.5. The number of anilines is 1. The van der Waals surface area contributed by atoms with Crippen LogP contribution in [0, 0.1) is 0 Å². The van der Waals surface area contributed by atoms with Gasteiger partial charge >= 0.3 is 5.97 Å². The van der Waals surface area contributed by atoms with Crippen molar-refractivity contribution in [3.8, 4) is 0 Å². The summed E-state index contributed by atoms with van der Waals surface area (Å²) in [5.74, 6) is -0.974. The number of carboxylic acid groups (broad SMARTS) is 1. The molecule has 0 unspecified atom stereocenters. The normalized spacial score (nSPS) is 15.7. The molecule has 0 aromatic heterocycles. The zero-order valence-corrected chi connectivity index (χ0v) is 11.8. The molecule has 0 aliphatic carbocycles. The monoisotopic (exact) mass is 323 g/mol. The van der Waals surface area contributed by atoms with Crippen LogP contribution in [0.15, 0.2) is 21.9 Å². The number of sulfonamides is 1. The molecule has 0 fully saturated rings.